The average molecular weight is 143 g/mol. The van der Waals surface area contributed by atoms with Crippen LogP contribution in [0.3, 0.4) is 0 Å². The lowest BCUT2D eigenvalue weighted by molar-refractivity contribution is 0.202. The van der Waals surface area contributed by atoms with Crippen LogP contribution in [0.4, 0.5) is 0 Å². The van der Waals surface area contributed by atoms with Crippen molar-refractivity contribution in [1.82, 2.24) is 0 Å². The zero-order valence-electron chi connectivity index (χ0n) is 7.11. The van der Waals surface area contributed by atoms with Crippen LogP contribution in [0.5, 0.6) is 0 Å². The third-order valence-corrected chi connectivity index (χ3v) is 1.72. The Kier molecular flexibility index (Phi) is 5.26. The fourth-order valence-electron chi connectivity index (χ4n) is 0.643. The van der Waals surface area contributed by atoms with Crippen LogP contribution in [0.2, 0.25) is 0 Å². The minimum Gasteiger partial charge on any atom is -0.384 e. The number of hydrogen-bond acceptors (Lipinski definition) is 2. The largest absolute Gasteiger partial charge is 0.384 e. The zero-order valence-corrected chi connectivity index (χ0v) is 7.11. The summed E-state index contributed by atoms with van der Waals surface area (Å²) in [5.41, 5.74) is 8.07. The number of ether oxygens (including phenoxy) is 1. The van der Waals surface area contributed by atoms with E-state index in [1.165, 1.54) is 11.1 Å². The highest BCUT2D eigenvalue weighted by atomic mass is 16.5. The summed E-state index contributed by atoms with van der Waals surface area (Å²) in [6, 6.07) is 0. The highest BCUT2D eigenvalue weighted by Crippen LogP contribution is 2.05. The van der Waals surface area contributed by atoms with Crippen LogP contribution in [0.1, 0.15) is 20.3 Å². The molecule has 0 aliphatic heterocycles. The lowest BCUT2D eigenvalue weighted by Gasteiger charge is -2.03. The Labute approximate surface area is 63.1 Å². The Morgan fingerprint density at radius 1 is 1.30 bits per heavy atom. The summed E-state index contributed by atoms with van der Waals surface area (Å²) in [7, 11) is 1.71. The van der Waals surface area contributed by atoms with Crippen LogP contribution in [-0.4, -0.2) is 20.3 Å². The second-order valence-electron chi connectivity index (χ2n) is 2.51. The van der Waals surface area contributed by atoms with E-state index < -0.39 is 0 Å². The second-order valence-corrected chi connectivity index (χ2v) is 2.51. The highest BCUT2D eigenvalue weighted by Gasteiger charge is 1.93. The fourth-order valence-corrected chi connectivity index (χ4v) is 0.643. The summed E-state index contributed by atoms with van der Waals surface area (Å²) in [5, 5.41) is 0. The van der Waals surface area contributed by atoms with Gasteiger partial charge in [0.2, 0.25) is 0 Å². The molecule has 0 heterocycles. The third-order valence-electron chi connectivity index (χ3n) is 1.72. The van der Waals surface area contributed by atoms with Gasteiger partial charge >= 0.3 is 0 Å². The Bertz CT molecular complexity index is 118. The van der Waals surface area contributed by atoms with Crippen molar-refractivity contribution in [1.29, 1.82) is 0 Å². The molecule has 60 valence electrons. The van der Waals surface area contributed by atoms with Crippen LogP contribution < -0.4 is 5.73 Å². The van der Waals surface area contributed by atoms with E-state index in [4.69, 9.17) is 10.5 Å². The number of rotatable bonds is 4. The van der Waals surface area contributed by atoms with Crippen LogP contribution in [-0.2, 0) is 4.74 Å². The molecule has 0 spiro atoms. The molecule has 0 atom stereocenters. The monoisotopic (exact) mass is 143 g/mol. The minimum atomic E-state index is 0.662. The molecule has 0 amide bonds. The molecule has 0 aromatic carbocycles. The maximum absolute atomic E-state index is 5.45. The van der Waals surface area contributed by atoms with Gasteiger partial charge in [-0.25, -0.2) is 0 Å². The van der Waals surface area contributed by atoms with E-state index in [-0.39, 0.29) is 0 Å². The predicted octanol–water partition coefficient (Wildman–Crippen LogP) is 1.32. The third kappa shape index (κ3) is 3.64. The van der Waals surface area contributed by atoms with E-state index >= 15 is 0 Å². The summed E-state index contributed by atoms with van der Waals surface area (Å²) in [4.78, 5) is 0. The van der Waals surface area contributed by atoms with Gasteiger partial charge in [0.1, 0.15) is 0 Å². The standard InChI is InChI=1S/C8H17NO/c1-7(4-5-10-3)8(2)6-9/h4-6,9H2,1-3H3/b8-7+. The molecule has 0 saturated carbocycles. The summed E-state index contributed by atoms with van der Waals surface area (Å²) < 4.78 is 4.93. The normalized spacial score (nSPS) is 13.2. The number of nitrogens with two attached hydrogens (primary N) is 1. The molecule has 0 aromatic rings. The van der Waals surface area contributed by atoms with Gasteiger partial charge in [-0.2, -0.15) is 0 Å². The van der Waals surface area contributed by atoms with Crippen LogP contribution in [0, 0.1) is 0 Å². The topological polar surface area (TPSA) is 35.2 Å². The van der Waals surface area contributed by atoms with Crippen molar-refractivity contribution in [2.24, 2.45) is 5.73 Å². The summed E-state index contributed by atoms with van der Waals surface area (Å²) in [6.07, 6.45) is 1.000. The zero-order chi connectivity index (χ0) is 7.98. The molecule has 0 aliphatic carbocycles. The molecule has 10 heavy (non-hydrogen) atoms. The molecular weight excluding hydrogens is 126 g/mol. The molecule has 0 saturated heterocycles. The lowest BCUT2D eigenvalue weighted by Crippen LogP contribution is -2.03. The molecule has 2 nitrogen and oxygen atoms in total. The van der Waals surface area contributed by atoms with Gasteiger partial charge in [0.15, 0.2) is 0 Å². The molecular formula is C8H17NO. The molecule has 0 unspecified atom stereocenters. The van der Waals surface area contributed by atoms with Crippen molar-refractivity contribution in [2.75, 3.05) is 20.3 Å². The molecule has 2 heteroatoms. The van der Waals surface area contributed by atoms with Gasteiger partial charge in [0.25, 0.3) is 0 Å². The van der Waals surface area contributed by atoms with Gasteiger partial charge < -0.3 is 10.5 Å². The first kappa shape index (κ1) is 9.66. The quantitative estimate of drug-likeness (QED) is 0.602. The van der Waals surface area contributed by atoms with Gasteiger partial charge in [-0.1, -0.05) is 11.1 Å². The molecule has 0 rings (SSSR count). The van der Waals surface area contributed by atoms with E-state index in [9.17, 15) is 0 Å². The summed E-state index contributed by atoms with van der Waals surface area (Å²) in [6.45, 7) is 5.62. The van der Waals surface area contributed by atoms with E-state index in [1.807, 2.05) is 0 Å². The van der Waals surface area contributed by atoms with Gasteiger partial charge in [-0.15, -0.1) is 0 Å². The van der Waals surface area contributed by atoms with Gasteiger partial charge in [0.05, 0.1) is 0 Å². The van der Waals surface area contributed by atoms with Crippen molar-refractivity contribution in [2.45, 2.75) is 20.3 Å². The SMILES string of the molecule is COCC/C(C)=C(\C)CN. The Morgan fingerprint density at radius 2 is 1.90 bits per heavy atom. The molecule has 0 bridgehead atoms. The Hall–Kier alpha value is -0.340. The summed E-state index contributed by atoms with van der Waals surface area (Å²) in [5.74, 6) is 0. The first-order valence-electron chi connectivity index (χ1n) is 3.56. The molecule has 0 aromatic heterocycles. The van der Waals surface area contributed by atoms with E-state index in [0.717, 1.165) is 13.0 Å². The second kappa shape index (κ2) is 5.45. The van der Waals surface area contributed by atoms with Crippen LogP contribution in [0.15, 0.2) is 11.1 Å². The van der Waals surface area contributed by atoms with Crippen molar-refractivity contribution in [3.05, 3.63) is 11.1 Å². The molecule has 2 N–H and O–H groups in total. The van der Waals surface area contributed by atoms with Gasteiger partial charge in [-0.05, 0) is 20.3 Å². The van der Waals surface area contributed by atoms with Gasteiger partial charge in [-0.3, -0.25) is 0 Å². The molecule has 0 radical (unpaired) electrons. The van der Waals surface area contributed by atoms with Crippen LogP contribution >= 0.6 is 0 Å². The highest BCUT2D eigenvalue weighted by molar-refractivity contribution is 5.10. The number of hydrogen-bond donors (Lipinski definition) is 1. The Balaban J connectivity index is 3.68. The minimum absolute atomic E-state index is 0.662. The molecule has 0 aliphatic rings. The average Bonchev–Trinajstić information content (AvgIpc) is 1.98. The lowest BCUT2D eigenvalue weighted by atomic mass is 10.1. The first-order valence-corrected chi connectivity index (χ1v) is 3.56. The first-order chi connectivity index (χ1) is 4.72. The van der Waals surface area contributed by atoms with Crippen molar-refractivity contribution in [3.63, 3.8) is 0 Å². The number of methoxy groups -OCH3 is 1. The van der Waals surface area contributed by atoms with Crippen molar-refractivity contribution in [3.8, 4) is 0 Å². The van der Waals surface area contributed by atoms with Crippen molar-refractivity contribution < 1.29 is 4.74 Å². The van der Waals surface area contributed by atoms with Crippen molar-refractivity contribution >= 4 is 0 Å². The smallest absolute Gasteiger partial charge is 0.0499 e. The maximum Gasteiger partial charge on any atom is 0.0499 e. The van der Waals surface area contributed by atoms with Gasteiger partial charge in [0, 0.05) is 20.3 Å². The maximum atomic E-state index is 5.45. The van der Waals surface area contributed by atoms with E-state index in [2.05, 4.69) is 13.8 Å². The summed E-state index contributed by atoms with van der Waals surface area (Å²) >= 11 is 0. The van der Waals surface area contributed by atoms with E-state index in [1.54, 1.807) is 7.11 Å². The predicted molar refractivity (Wildman–Crippen MR) is 43.9 cm³/mol. The molecule has 0 fully saturated rings. The van der Waals surface area contributed by atoms with Crippen LogP contribution in [0.25, 0.3) is 0 Å². The fraction of sp³-hybridized carbons (Fsp3) is 0.750. The van der Waals surface area contributed by atoms with E-state index in [0.29, 0.717) is 6.54 Å². The Morgan fingerprint density at radius 3 is 2.30 bits per heavy atom.